The SMILES string of the molecule is CCN(CC)CCN1CCCC(Br)C1=O. The second-order valence-corrected chi connectivity index (χ2v) is 5.07. The normalized spacial score (nSPS) is 22.5. The molecule has 1 aliphatic heterocycles. The Kier molecular flexibility index (Phi) is 5.61. The van der Waals surface area contributed by atoms with Crippen molar-refractivity contribution >= 4 is 21.8 Å². The molecule has 0 N–H and O–H groups in total. The van der Waals surface area contributed by atoms with E-state index >= 15 is 0 Å². The van der Waals surface area contributed by atoms with Crippen LogP contribution < -0.4 is 0 Å². The Hall–Kier alpha value is -0.0900. The van der Waals surface area contributed by atoms with Gasteiger partial charge in [-0.3, -0.25) is 4.79 Å². The van der Waals surface area contributed by atoms with Crippen molar-refractivity contribution < 1.29 is 4.79 Å². The molecular weight excluding hydrogens is 256 g/mol. The third kappa shape index (κ3) is 3.76. The van der Waals surface area contributed by atoms with E-state index in [2.05, 4.69) is 34.7 Å². The first-order valence-corrected chi connectivity index (χ1v) is 6.75. The lowest BCUT2D eigenvalue weighted by molar-refractivity contribution is -0.132. The maximum Gasteiger partial charge on any atom is 0.236 e. The number of rotatable bonds is 5. The van der Waals surface area contributed by atoms with Crippen molar-refractivity contribution in [3.8, 4) is 0 Å². The van der Waals surface area contributed by atoms with Gasteiger partial charge >= 0.3 is 0 Å². The van der Waals surface area contributed by atoms with Crippen LogP contribution in [0.5, 0.6) is 0 Å². The number of amides is 1. The molecule has 15 heavy (non-hydrogen) atoms. The van der Waals surface area contributed by atoms with Gasteiger partial charge in [-0.1, -0.05) is 29.8 Å². The van der Waals surface area contributed by atoms with Gasteiger partial charge in [-0.05, 0) is 25.9 Å². The second kappa shape index (κ2) is 6.48. The molecule has 1 fully saturated rings. The number of halogens is 1. The van der Waals surface area contributed by atoms with Crippen LogP contribution >= 0.6 is 15.9 Å². The van der Waals surface area contributed by atoms with Gasteiger partial charge in [0.1, 0.15) is 0 Å². The van der Waals surface area contributed by atoms with E-state index in [0.717, 1.165) is 45.6 Å². The van der Waals surface area contributed by atoms with Gasteiger partial charge < -0.3 is 9.80 Å². The van der Waals surface area contributed by atoms with Gasteiger partial charge in [0.15, 0.2) is 0 Å². The predicted octanol–water partition coefficient (Wildman–Crippen LogP) is 1.71. The fourth-order valence-electron chi connectivity index (χ4n) is 1.92. The van der Waals surface area contributed by atoms with E-state index in [1.54, 1.807) is 0 Å². The molecule has 0 aliphatic carbocycles. The third-order valence-corrected chi connectivity index (χ3v) is 3.90. The molecule has 88 valence electrons. The van der Waals surface area contributed by atoms with Gasteiger partial charge in [0.2, 0.25) is 5.91 Å². The lowest BCUT2D eigenvalue weighted by atomic mass is 10.1. The van der Waals surface area contributed by atoms with Gasteiger partial charge in [-0.15, -0.1) is 0 Å². The Labute approximate surface area is 101 Å². The Morgan fingerprint density at radius 2 is 2.13 bits per heavy atom. The van der Waals surface area contributed by atoms with Crippen LogP contribution in [-0.2, 0) is 4.79 Å². The van der Waals surface area contributed by atoms with Crippen LogP contribution in [0.3, 0.4) is 0 Å². The number of piperidine rings is 1. The number of likely N-dealkylation sites (N-methyl/N-ethyl adjacent to an activating group) is 1. The van der Waals surface area contributed by atoms with Crippen molar-refractivity contribution in [3.05, 3.63) is 0 Å². The molecule has 1 unspecified atom stereocenters. The van der Waals surface area contributed by atoms with Crippen LogP contribution in [0.15, 0.2) is 0 Å². The van der Waals surface area contributed by atoms with Gasteiger partial charge in [0.05, 0.1) is 4.83 Å². The summed E-state index contributed by atoms with van der Waals surface area (Å²) in [6.07, 6.45) is 2.11. The van der Waals surface area contributed by atoms with Crippen LogP contribution in [-0.4, -0.2) is 53.3 Å². The highest BCUT2D eigenvalue weighted by Gasteiger charge is 2.26. The zero-order valence-electron chi connectivity index (χ0n) is 9.71. The first-order valence-electron chi connectivity index (χ1n) is 5.84. The maximum atomic E-state index is 11.8. The summed E-state index contributed by atoms with van der Waals surface area (Å²) in [4.78, 5) is 16.2. The summed E-state index contributed by atoms with van der Waals surface area (Å²) in [5, 5.41) is 0. The molecule has 1 saturated heterocycles. The number of alkyl halides is 1. The first kappa shape index (κ1) is 13.0. The molecule has 1 atom stereocenters. The topological polar surface area (TPSA) is 23.6 Å². The van der Waals surface area contributed by atoms with Crippen LogP contribution in [0, 0.1) is 0 Å². The summed E-state index contributed by atoms with van der Waals surface area (Å²) in [5.41, 5.74) is 0. The smallest absolute Gasteiger partial charge is 0.236 e. The van der Waals surface area contributed by atoms with E-state index < -0.39 is 0 Å². The summed E-state index contributed by atoms with van der Waals surface area (Å²) < 4.78 is 0. The predicted molar refractivity (Wildman–Crippen MR) is 66.3 cm³/mol. The highest BCUT2D eigenvalue weighted by atomic mass is 79.9. The van der Waals surface area contributed by atoms with Crippen molar-refractivity contribution in [3.63, 3.8) is 0 Å². The number of nitrogens with zero attached hydrogens (tertiary/aromatic N) is 2. The largest absolute Gasteiger partial charge is 0.340 e. The van der Waals surface area contributed by atoms with Crippen molar-refractivity contribution in [2.75, 3.05) is 32.7 Å². The molecular formula is C11H21BrN2O. The maximum absolute atomic E-state index is 11.8. The van der Waals surface area contributed by atoms with Crippen LogP contribution in [0.25, 0.3) is 0 Å². The Morgan fingerprint density at radius 1 is 1.47 bits per heavy atom. The molecule has 4 heteroatoms. The molecule has 0 bridgehead atoms. The summed E-state index contributed by atoms with van der Waals surface area (Å²) >= 11 is 3.43. The average Bonchev–Trinajstić information content (AvgIpc) is 2.25. The zero-order valence-corrected chi connectivity index (χ0v) is 11.3. The summed E-state index contributed by atoms with van der Waals surface area (Å²) in [6.45, 7) is 9.26. The number of hydrogen-bond donors (Lipinski definition) is 0. The first-order chi connectivity index (χ1) is 7.19. The molecule has 0 aromatic rings. The molecule has 1 rings (SSSR count). The molecule has 1 amide bonds. The molecule has 0 radical (unpaired) electrons. The fraction of sp³-hybridized carbons (Fsp3) is 0.909. The zero-order chi connectivity index (χ0) is 11.3. The van der Waals surface area contributed by atoms with Crippen molar-refractivity contribution in [2.24, 2.45) is 0 Å². The fourth-order valence-corrected chi connectivity index (χ4v) is 2.53. The summed E-state index contributed by atoms with van der Waals surface area (Å²) in [6, 6.07) is 0. The highest BCUT2D eigenvalue weighted by molar-refractivity contribution is 9.10. The second-order valence-electron chi connectivity index (χ2n) is 3.96. The highest BCUT2D eigenvalue weighted by Crippen LogP contribution is 2.17. The standard InChI is InChI=1S/C11H21BrN2O/c1-3-13(4-2)8-9-14-7-5-6-10(12)11(14)15/h10H,3-9H2,1-2H3. The number of likely N-dealkylation sites (tertiary alicyclic amines) is 1. The van der Waals surface area contributed by atoms with E-state index in [0.29, 0.717) is 0 Å². The third-order valence-electron chi connectivity index (χ3n) is 3.05. The Bertz CT molecular complexity index is 207. The molecule has 0 aromatic heterocycles. The van der Waals surface area contributed by atoms with Crippen LogP contribution in [0.1, 0.15) is 26.7 Å². The average molecular weight is 277 g/mol. The van der Waals surface area contributed by atoms with Gasteiger partial charge in [-0.2, -0.15) is 0 Å². The van der Waals surface area contributed by atoms with Crippen LogP contribution in [0.4, 0.5) is 0 Å². The van der Waals surface area contributed by atoms with Crippen molar-refractivity contribution in [1.82, 2.24) is 9.80 Å². The number of carbonyl (C=O) groups excluding carboxylic acids is 1. The monoisotopic (exact) mass is 276 g/mol. The minimum Gasteiger partial charge on any atom is -0.340 e. The molecule has 0 spiro atoms. The lowest BCUT2D eigenvalue weighted by Gasteiger charge is -2.31. The van der Waals surface area contributed by atoms with Gasteiger partial charge in [0, 0.05) is 19.6 Å². The Morgan fingerprint density at radius 3 is 2.73 bits per heavy atom. The van der Waals surface area contributed by atoms with E-state index in [1.165, 1.54) is 0 Å². The summed E-state index contributed by atoms with van der Waals surface area (Å²) in [5.74, 6) is 0.272. The van der Waals surface area contributed by atoms with E-state index in [1.807, 2.05) is 4.90 Å². The van der Waals surface area contributed by atoms with E-state index in [9.17, 15) is 4.79 Å². The minimum atomic E-state index is 0.0583. The Balaban J connectivity index is 2.34. The molecule has 0 aromatic carbocycles. The molecule has 0 saturated carbocycles. The van der Waals surface area contributed by atoms with E-state index in [4.69, 9.17) is 0 Å². The van der Waals surface area contributed by atoms with Crippen LogP contribution in [0.2, 0.25) is 0 Å². The number of carbonyl (C=O) groups is 1. The minimum absolute atomic E-state index is 0.0583. The van der Waals surface area contributed by atoms with Crippen molar-refractivity contribution in [2.45, 2.75) is 31.5 Å². The quantitative estimate of drug-likeness (QED) is 0.714. The van der Waals surface area contributed by atoms with E-state index in [-0.39, 0.29) is 10.7 Å². The molecule has 1 aliphatic rings. The molecule has 1 heterocycles. The van der Waals surface area contributed by atoms with Crippen molar-refractivity contribution in [1.29, 1.82) is 0 Å². The number of hydrogen-bond acceptors (Lipinski definition) is 2. The van der Waals surface area contributed by atoms with Gasteiger partial charge in [-0.25, -0.2) is 0 Å². The molecule has 3 nitrogen and oxygen atoms in total. The van der Waals surface area contributed by atoms with Gasteiger partial charge in [0.25, 0.3) is 0 Å². The summed E-state index contributed by atoms with van der Waals surface area (Å²) in [7, 11) is 0. The lowest BCUT2D eigenvalue weighted by Crippen LogP contribution is -2.45.